The Morgan fingerprint density at radius 1 is 1.15 bits per heavy atom. The van der Waals surface area contributed by atoms with Gasteiger partial charge in [0.2, 0.25) is 0 Å². The number of hydrogen-bond acceptors (Lipinski definition) is 3. The Kier molecular flexibility index (Phi) is 5.44. The maximum absolute atomic E-state index is 5.89. The summed E-state index contributed by atoms with van der Waals surface area (Å²) in [6.45, 7) is 13.2. The summed E-state index contributed by atoms with van der Waals surface area (Å²) in [4.78, 5) is 5.07. The molecule has 0 saturated carbocycles. The molecule has 1 unspecified atom stereocenters. The van der Waals surface area contributed by atoms with Crippen LogP contribution in [-0.2, 0) is 0 Å². The van der Waals surface area contributed by atoms with E-state index in [0.29, 0.717) is 11.8 Å². The van der Waals surface area contributed by atoms with E-state index in [1.165, 1.54) is 11.3 Å². The highest BCUT2D eigenvalue weighted by Gasteiger charge is 2.21. The summed E-state index contributed by atoms with van der Waals surface area (Å²) >= 11 is 0. The molecular weight excluding hydrogens is 246 g/mol. The van der Waals surface area contributed by atoms with Crippen molar-refractivity contribution in [1.82, 2.24) is 4.90 Å². The molecule has 112 valence electrons. The molecule has 1 heterocycles. The lowest BCUT2D eigenvalue weighted by molar-refractivity contribution is 0.195. The summed E-state index contributed by atoms with van der Waals surface area (Å²) in [7, 11) is 0. The molecule has 1 saturated heterocycles. The van der Waals surface area contributed by atoms with Crippen LogP contribution in [-0.4, -0.2) is 44.2 Å². The molecule has 3 nitrogen and oxygen atoms in total. The molecule has 2 rings (SSSR count). The van der Waals surface area contributed by atoms with Crippen molar-refractivity contribution in [2.24, 2.45) is 17.6 Å². The fraction of sp³-hybridized carbons (Fsp3) is 0.647. The van der Waals surface area contributed by atoms with E-state index in [2.05, 4.69) is 54.8 Å². The Bertz CT molecular complexity index is 408. The van der Waals surface area contributed by atoms with Gasteiger partial charge < -0.3 is 10.6 Å². The van der Waals surface area contributed by atoms with Crippen molar-refractivity contribution in [3.63, 3.8) is 0 Å². The minimum Gasteiger partial charge on any atom is -0.369 e. The highest BCUT2D eigenvalue weighted by atomic mass is 15.3. The van der Waals surface area contributed by atoms with Gasteiger partial charge in [0.1, 0.15) is 0 Å². The van der Waals surface area contributed by atoms with Gasteiger partial charge in [-0.25, -0.2) is 0 Å². The van der Waals surface area contributed by atoms with Crippen LogP contribution in [0.15, 0.2) is 24.3 Å². The Morgan fingerprint density at radius 2 is 1.85 bits per heavy atom. The zero-order valence-corrected chi connectivity index (χ0v) is 13.2. The van der Waals surface area contributed by atoms with Gasteiger partial charge in [-0.2, -0.15) is 0 Å². The van der Waals surface area contributed by atoms with Gasteiger partial charge in [0.05, 0.1) is 0 Å². The molecule has 0 bridgehead atoms. The summed E-state index contributed by atoms with van der Waals surface area (Å²) in [6, 6.07) is 8.82. The number of rotatable bonds is 5. The molecule has 1 aliphatic rings. The summed E-state index contributed by atoms with van der Waals surface area (Å²) in [5.41, 5.74) is 8.59. The van der Waals surface area contributed by atoms with Gasteiger partial charge >= 0.3 is 0 Å². The lowest BCUT2D eigenvalue weighted by Gasteiger charge is -2.38. The maximum atomic E-state index is 5.89. The third-order valence-corrected chi connectivity index (χ3v) is 4.48. The van der Waals surface area contributed by atoms with E-state index in [1.54, 1.807) is 0 Å². The fourth-order valence-electron chi connectivity index (χ4n) is 2.90. The molecule has 1 fully saturated rings. The molecule has 0 radical (unpaired) electrons. The summed E-state index contributed by atoms with van der Waals surface area (Å²) in [5.74, 6) is 1.30. The molecule has 1 aromatic carbocycles. The van der Waals surface area contributed by atoms with Crippen LogP contribution < -0.4 is 10.6 Å². The number of anilines is 1. The Labute approximate surface area is 123 Å². The third kappa shape index (κ3) is 3.97. The van der Waals surface area contributed by atoms with Gasteiger partial charge in [-0.15, -0.1) is 0 Å². The lowest BCUT2D eigenvalue weighted by Crippen LogP contribution is -2.49. The first-order valence-corrected chi connectivity index (χ1v) is 7.84. The molecule has 0 amide bonds. The van der Waals surface area contributed by atoms with Crippen LogP contribution in [0.1, 0.15) is 19.4 Å². The van der Waals surface area contributed by atoms with E-state index in [0.717, 1.165) is 39.3 Å². The largest absolute Gasteiger partial charge is 0.369 e. The highest BCUT2D eigenvalue weighted by Crippen LogP contribution is 2.19. The van der Waals surface area contributed by atoms with E-state index < -0.39 is 0 Å². The van der Waals surface area contributed by atoms with Crippen molar-refractivity contribution in [3.8, 4) is 0 Å². The first kappa shape index (κ1) is 15.3. The zero-order valence-electron chi connectivity index (χ0n) is 13.2. The first-order chi connectivity index (χ1) is 9.60. The second-order valence-corrected chi connectivity index (χ2v) is 6.37. The smallest absolute Gasteiger partial charge is 0.0369 e. The van der Waals surface area contributed by atoms with E-state index in [1.807, 2.05) is 0 Å². The van der Waals surface area contributed by atoms with Crippen molar-refractivity contribution in [2.75, 3.05) is 44.2 Å². The second-order valence-electron chi connectivity index (χ2n) is 6.37. The average Bonchev–Trinajstić information content (AvgIpc) is 2.45. The predicted molar refractivity (Wildman–Crippen MR) is 87.2 cm³/mol. The van der Waals surface area contributed by atoms with Crippen LogP contribution in [0.4, 0.5) is 5.69 Å². The first-order valence-electron chi connectivity index (χ1n) is 7.84. The molecule has 1 aromatic rings. The Hall–Kier alpha value is -1.06. The molecule has 20 heavy (non-hydrogen) atoms. The van der Waals surface area contributed by atoms with Crippen LogP contribution in [0.25, 0.3) is 0 Å². The molecule has 1 aliphatic heterocycles. The van der Waals surface area contributed by atoms with E-state index >= 15 is 0 Å². The summed E-state index contributed by atoms with van der Waals surface area (Å²) in [5, 5.41) is 0. The highest BCUT2D eigenvalue weighted by molar-refractivity contribution is 5.48. The second kappa shape index (κ2) is 7.09. The van der Waals surface area contributed by atoms with Crippen LogP contribution in [0.5, 0.6) is 0 Å². The lowest BCUT2D eigenvalue weighted by atomic mass is 9.95. The van der Waals surface area contributed by atoms with Crippen molar-refractivity contribution in [3.05, 3.63) is 29.8 Å². The minimum absolute atomic E-state index is 0.625. The van der Waals surface area contributed by atoms with Gasteiger partial charge in [-0.05, 0) is 43.0 Å². The molecule has 0 aliphatic carbocycles. The number of aryl methyl sites for hydroxylation is 1. The van der Waals surface area contributed by atoms with E-state index in [-0.39, 0.29) is 0 Å². The quantitative estimate of drug-likeness (QED) is 0.895. The Morgan fingerprint density at radius 3 is 2.40 bits per heavy atom. The summed E-state index contributed by atoms with van der Waals surface area (Å²) < 4.78 is 0. The maximum Gasteiger partial charge on any atom is 0.0369 e. The van der Waals surface area contributed by atoms with Crippen LogP contribution in [0.2, 0.25) is 0 Å². The molecular formula is C17H29N3. The third-order valence-electron chi connectivity index (χ3n) is 4.48. The van der Waals surface area contributed by atoms with Gasteiger partial charge in [0.15, 0.2) is 0 Å². The van der Waals surface area contributed by atoms with Crippen LogP contribution in [0.3, 0.4) is 0 Å². The van der Waals surface area contributed by atoms with Crippen LogP contribution >= 0.6 is 0 Å². The Balaban J connectivity index is 1.86. The molecule has 3 heteroatoms. The van der Waals surface area contributed by atoms with Crippen molar-refractivity contribution >= 4 is 5.69 Å². The van der Waals surface area contributed by atoms with Gasteiger partial charge in [0, 0.05) is 38.4 Å². The van der Waals surface area contributed by atoms with Gasteiger partial charge in [0.25, 0.3) is 0 Å². The van der Waals surface area contributed by atoms with Crippen molar-refractivity contribution in [2.45, 2.75) is 20.8 Å². The van der Waals surface area contributed by atoms with Gasteiger partial charge in [-0.1, -0.05) is 26.0 Å². The number of nitrogens with two attached hydrogens (primary N) is 1. The van der Waals surface area contributed by atoms with E-state index in [9.17, 15) is 0 Å². The molecule has 1 atom stereocenters. The average molecular weight is 275 g/mol. The van der Waals surface area contributed by atoms with Crippen molar-refractivity contribution < 1.29 is 0 Å². The standard InChI is InChI=1S/C17H29N3/c1-14(2)16(12-18)13-19-7-9-20(10-8-19)17-6-4-5-15(3)11-17/h4-6,11,14,16H,7-10,12-13,18H2,1-3H3. The fourth-order valence-corrected chi connectivity index (χ4v) is 2.90. The summed E-state index contributed by atoms with van der Waals surface area (Å²) in [6.07, 6.45) is 0. The topological polar surface area (TPSA) is 32.5 Å². The number of piperazine rings is 1. The monoisotopic (exact) mass is 275 g/mol. The molecule has 0 spiro atoms. The van der Waals surface area contributed by atoms with Crippen molar-refractivity contribution in [1.29, 1.82) is 0 Å². The zero-order chi connectivity index (χ0) is 14.5. The van der Waals surface area contributed by atoms with E-state index in [4.69, 9.17) is 5.73 Å². The number of hydrogen-bond donors (Lipinski definition) is 1. The normalized spacial score (nSPS) is 18.6. The SMILES string of the molecule is Cc1cccc(N2CCN(CC(CN)C(C)C)CC2)c1. The van der Waals surface area contributed by atoms with Gasteiger partial charge in [-0.3, -0.25) is 4.90 Å². The molecule has 0 aromatic heterocycles. The van der Waals surface area contributed by atoms with Crippen LogP contribution in [0, 0.1) is 18.8 Å². The molecule has 2 N–H and O–H groups in total. The predicted octanol–water partition coefficient (Wildman–Crippen LogP) is 2.35. The number of nitrogens with zero attached hydrogens (tertiary/aromatic N) is 2. The number of benzene rings is 1. The minimum atomic E-state index is 0.625.